The molecule has 3 nitrogen and oxygen atoms in total. The van der Waals surface area contributed by atoms with Crippen LogP contribution in [0, 0.1) is 6.92 Å². The lowest BCUT2D eigenvalue weighted by Crippen LogP contribution is -2.54. The van der Waals surface area contributed by atoms with Crippen molar-refractivity contribution in [3.8, 4) is 0 Å². The van der Waals surface area contributed by atoms with E-state index in [0.29, 0.717) is 6.04 Å². The first-order valence-corrected chi connectivity index (χ1v) is 7.70. The fourth-order valence-electron chi connectivity index (χ4n) is 2.27. The average Bonchev–Trinajstić information content (AvgIpc) is 2.41. The Balaban J connectivity index is 1.96. The minimum absolute atomic E-state index is 0.0248. The van der Waals surface area contributed by atoms with Crippen LogP contribution in [0.5, 0.6) is 0 Å². The molecular formula is C15H22N2OS. The van der Waals surface area contributed by atoms with E-state index in [1.165, 1.54) is 5.56 Å². The van der Waals surface area contributed by atoms with Crippen LogP contribution in [-0.4, -0.2) is 41.7 Å². The molecule has 1 unspecified atom stereocenters. The van der Waals surface area contributed by atoms with E-state index in [1.54, 1.807) is 11.8 Å². The molecule has 19 heavy (non-hydrogen) atoms. The number of hydrogen-bond acceptors (Lipinski definition) is 3. The molecule has 1 saturated heterocycles. The Morgan fingerprint density at radius 2 is 2.11 bits per heavy atom. The maximum absolute atomic E-state index is 12.5. The maximum Gasteiger partial charge on any atom is 0.236 e. The summed E-state index contributed by atoms with van der Waals surface area (Å²) >= 11 is 1.64. The average molecular weight is 278 g/mol. The Hall–Kier alpha value is -1.00. The highest BCUT2D eigenvalue weighted by Gasteiger charge is 2.27. The summed E-state index contributed by atoms with van der Waals surface area (Å²) in [4.78, 5) is 15.6. The zero-order valence-corrected chi connectivity index (χ0v) is 12.7. The summed E-state index contributed by atoms with van der Waals surface area (Å²) in [5, 5.41) is 3.29. The van der Waals surface area contributed by atoms with Gasteiger partial charge < -0.3 is 10.2 Å². The van der Waals surface area contributed by atoms with E-state index in [-0.39, 0.29) is 11.2 Å². The Morgan fingerprint density at radius 3 is 2.74 bits per heavy atom. The van der Waals surface area contributed by atoms with Gasteiger partial charge in [0.15, 0.2) is 0 Å². The Labute approximate surface area is 119 Å². The number of amides is 1. The molecule has 1 heterocycles. The van der Waals surface area contributed by atoms with E-state index >= 15 is 0 Å². The Bertz CT molecular complexity index is 432. The Morgan fingerprint density at radius 1 is 1.42 bits per heavy atom. The van der Waals surface area contributed by atoms with E-state index in [9.17, 15) is 4.79 Å². The zero-order valence-electron chi connectivity index (χ0n) is 11.8. The van der Waals surface area contributed by atoms with Gasteiger partial charge in [0.1, 0.15) is 0 Å². The second-order valence-electron chi connectivity index (χ2n) is 5.16. The van der Waals surface area contributed by atoms with Crippen LogP contribution in [0.25, 0.3) is 0 Å². The summed E-state index contributed by atoms with van der Waals surface area (Å²) in [5.74, 6) is 0.250. The minimum Gasteiger partial charge on any atom is -0.336 e. The van der Waals surface area contributed by atoms with Crippen molar-refractivity contribution in [2.45, 2.75) is 37.0 Å². The summed E-state index contributed by atoms with van der Waals surface area (Å²) < 4.78 is 0. The first-order chi connectivity index (χ1) is 9.08. The van der Waals surface area contributed by atoms with Crippen LogP contribution in [-0.2, 0) is 4.79 Å². The lowest BCUT2D eigenvalue weighted by Gasteiger charge is -2.35. The smallest absolute Gasteiger partial charge is 0.236 e. The molecular weight excluding hydrogens is 256 g/mol. The molecule has 1 aliphatic heterocycles. The number of thioether (sulfide) groups is 1. The van der Waals surface area contributed by atoms with Crippen molar-refractivity contribution in [1.29, 1.82) is 0 Å². The molecule has 1 aromatic carbocycles. The van der Waals surface area contributed by atoms with Gasteiger partial charge in [-0.25, -0.2) is 0 Å². The van der Waals surface area contributed by atoms with Crippen LogP contribution >= 0.6 is 11.8 Å². The molecule has 0 bridgehead atoms. The molecule has 0 spiro atoms. The monoisotopic (exact) mass is 278 g/mol. The third kappa shape index (κ3) is 3.74. The fourth-order valence-corrected chi connectivity index (χ4v) is 3.21. The second-order valence-corrected chi connectivity index (χ2v) is 6.57. The zero-order chi connectivity index (χ0) is 13.8. The summed E-state index contributed by atoms with van der Waals surface area (Å²) in [6.07, 6.45) is 0. The van der Waals surface area contributed by atoms with Crippen LogP contribution in [0.15, 0.2) is 29.2 Å². The molecule has 0 aliphatic carbocycles. The highest BCUT2D eigenvalue weighted by Crippen LogP contribution is 2.25. The second kappa shape index (κ2) is 6.44. The number of benzene rings is 1. The van der Waals surface area contributed by atoms with Gasteiger partial charge >= 0.3 is 0 Å². The van der Waals surface area contributed by atoms with E-state index in [4.69, 9.17) is 0 Å². The first-order valence-electron chi connectivity index (χ1n) is 6.82. The minimum atomic E-state index is -0.0248. The summed E-state index contributed by atoms with van der Waals surface area (Å²) in [6, 6.07) is 8.65. The van der Waals surface area contributed by atoms with E-state index in [2.05, 4.69) is 43.4 Å². The highest BCUT2D eigenvalue weighted by molar-refractivity contribution is 8.00. The molecule has 0 aromatic heterocycles. The predicted molar refractivity (Wildman–Crippen MR) is 80.5 cm³/mol. The van der Waals surface area contributed by atoms with Crippen molar-refractivity contribution in [2.75, 3.05) is 19.6 Å². The van der Waals surface area contributed by atoms with Gasteiger partial charge in [0.25, 0.3) is 0 Å². The van der Waals surface area contributed by atoms with Crippen molar-refractivity contribution in [2.24, 2.45) is 0 Å². The van der Waals surface area contributed by atoms with Crippen molar-refractivity contribution >= 4 is 17.7 Å². The van der Waals surface area contributed by atoms with Gasteiger partial charge in [-0.2, -0.15) is 0 Å². The Kier molecular flexibility index (Phi) is 4.88. The molecule has 1 amide bonds. The largest absolute Gasteiger partial charge is 0.336 e. The molecule has 1 N–H and O–H groups in total. The number of nitrogens with zero attached hydrogens (tertiary/aromatic N) is 1. The van der Waals surface area contributed by atoms with Crippen LogP contribution in [0.4, 0.5) is 0 Å². The quantitative estimate of drug-likeness (QED) is 0.861. The molecule has 1 fully saturated rings. The van der Waals surface area contributed by atoms with E-state index < -0.39 is 0 Å². The standard InChI is InChI=1S/C15H22N2OS/c1-11-4-6-14(7-5-11)19-13(3)15(18)17-9-8-16-10-12(17)2/h4-7,12-13,16H,8-10H2,1-3H3/t12-,13?/m1/s1. The molecule has 1 aromatic rings. The molecule has 4 heteroatoms. The number of carbonyl (C=O) groups is 1. The number of piperazine rings is 1. The summed E-state index contributed by atoms with van der Waals surface area (Å²) in [5.41, 5.74) is 1.25. The highest BCUT2D eigenvalue weighted by atomic mass is 32.2. The number of hydrogen-bond donors (Lipinski definition) is 1. The third-order valence-corrected chi connectivity index (χ3v) is 4.57. The van der Waals surface area contributed by atoms with Crippen LogP contribution in [0.1, 0.15) is 19.4 Å². The molecule has 0 radical (unpaired) electrons. The van der Waals surface area contributed by atoms with Crippen molar-refractivity contribution in [1.82, 2.24) is 10.2 Å². The normalized spacial score (nSPS) is 21.2. The van der Waals surface area contributed by atoms with Crippen LogP contribution in [0.3, 0.4) is 0 Å². The molecule has 1 aliphatic rings. The van der Waals surface area contributed by atoms with Gasteiger partial charge in [0.2, 0.25) is 5.91 Å². The third-order valence-electron chi connectivity index (χ3n) is 3.47. The SMILES string of the molecule is Cc1ccc(SC(C)C(=O)N2CCNC[C@H]2C)cc1. The number of nitrogens with one attached hydrogen (secondary N) is 1. The first kappa shape index (κ1) is 14.4. The fraction of sp³-hybridized carbons (Fsp3) is 0.533. The van der Waals surface area contributed by atoms with Gasteiger partial charge in [0, 0.05) is 30.6 Å². The molecule has 0 saturated carbocycles. The molecule has 2 atom stereocenters. The van der Waals surface area contributed by atoms with Gasteiger partial charge in [-0.3, -0.25) is 4.79 Å². The maximum atomic E-state index is 12.5. The van der Waals surface area contributed by atoms with Gasteiger partial charge in [-0.15, -0.1) is 11.8 Å². The van der Waals surface area contributed by atoms with E-state index in [0.717, 1.165) is 24.5 Å². The van der Waals surface area contributed by atoms with Gasteiger partial charge in [-0.1, -0.05) is 17.7 Å². The summed E-state index contributed by atoms with van der Waals surface area (Å²) in [7, 11) is 0. The van der Waals surface area contributed by atoms with E-state index in [1.807, 2.05) is 11.8 Å². The topological polar surface area (TPSA) is 32.3 Å². The summed E-state index contributed by atoms with van der Waals surface area (Å²) in [6.45, 7) is 8.80. The number of carbonyl (C=O) groups excluding carboxylic acids is 1. The van der Waals surface area contributed by atoms with Gasteiger partial charge in [-0.05, 0) is 32.9 Å². The van der Waals surface area contributed by atoms with Crippen LogP contribution in [0.2, 0.25) is 0 Å². The lowest BCUT2D eigenvalue weighted by atomic mass is 10.2. The number of rotatable bonds is 3. The van der Waals surface area contributed by atoms with Crippen molar-refractivity contribution in [3.63, 3.8) is 0 Å². The molecule has 104 valence electrons. The van der Waals surface area contributed by atoms with Crippen molar-refractivity contribution in [3.05, 3.63) is 29.8 Å². The van der Waals surface area contributed by atoms with Gasteiger partial charge in [0.05, 0.1) is 5.25 Å². The number of aryl methyl sites for hydroxylation is 1. The van der Waals surface area contributed by atoms with Crippen LogP contribution < -0.4 is 5.32 Å². The van der Waals surface area contributed by atoms with Crippen molar-refractivity contribution < 1.29 is 4.79 Å². The lowest BCUT2D eigenvalue weighted by molar-refractivity contribution is -0.133. The molecule has 2 rings (SSSR count). The predicted octanol–water partition coefficient (Wildman–Crippen LogP) is 2.30.